The summed E-state index contributed by atoms with van der Waals surface area (Å²) in [5.41, 5.74) is 0.237. The molecule has 0 saturated carbocycles. The largest absolute Gasteiger partial charge is 0.465 e. The topological polar surface area (TPSA) is 101 Å². The number of rotatable bonds is 5. The standard InChI is InChI=1S/C16H20N4O4S2/c1-11-3-6-20(7-4-11)16-17-9-12(10-18-16)19-26(22,23)13-5-8-25-14(13)15(21)24-2/h5,8-11,19H,3-4,6-7H2,1-2H3. The first-order chi connectivity index (χ1) is 12.4. The van der Waals surface area contributed by atoms with Crippen molar-refractivity contribution in [1.29, 1.82) is 0 Å². The zero-order chi connectivity index (χ0) is 18.7. The van der Waals surface area contributed by atoms with Gasteiger partial charge in [0.05, 0.1) is 25.2 Å². The summed E-state index contributed by atoms with van der Waals surface area (Å²) >= 11 is 1.01. The Morgan fingerprint density at radius 1 is 1.31 bits per heavy atom. The molecule has 2 aromatic heterocycles. The Balaban J connectivity index is 1.74. The second-order valence-corrected chi connectivity index (χ2v) is 8.72. The predicted molar refractivity (Wildman–Crippen MR) is 99.1 cm³/mol. The van der Waals surface area contributed by atoms with Crippen LogP contribution in [0.25, 0.3) is 0 Å². The van der Waals surface area contributed by atoms with Gasteiger partial charge in [-0.3, -0.25) is 4.72 Å². The van der Waals surface area contributed by atoms with Gasteiger partial charge >= 0.3 is 5.97 Å². The summed E-state index contributed by atoms with van der Waals surface area (Å²) in [6.07, 6.45) is 5.04. The number of carbonyl (C=O) groups is 1. The van der Waals surface area contributed by atoms with E-state index in [0.717, 1.165) is 37.3 Å². The van der Waals surface area contributed by atoms with Crippen LogP contribution >= 0.6 is 11.3 Å². The van der Waals surface area contributed by atoms with Crippen molar-refractivity contribution < 1.29 is 17.9 Å². The molecule has 3 heterocycles. The van der Waals surface area contributed by atoms with Crippen molar-refractivity contribution in [3.05, 3.63) is 28.7 Å². The maximum Gasteiger partial charge on any atom is 0.349 e. The molecule has 0 amide bonds. The summed E-state index contributed by atoms with van der Waals surface area (Å²) in [4.78, 5) is 22.2. The molecule has 0 unspecified atom stereocenters. The van der Waals surface area contributed by atoms with Crippen LogP contribution in [0.3, 0.4) is 0 Å². The Bertz CT molecular complexity index is 872. The summed E-state index contributed by atoms with van der Waals surface area (Å²) in [5.74, 6) is 0.601. The minimum atomic E-state index is -3.93. The predicted octanol–water partition coefficient (Wildman–Crippen LogP) is 2.36. The third-order valence-electron chi connectivity index (χ3n) is 4.25. The summed E-state index contributed by atoms with van der Waals surface area (Å²) in [7, 11) is -2.73. The van der Waals surface area contributed by atoms with Crippen molar-refractivity contribution in [2.24, 2.45) is 5.92 Å². The molecule has 0 spiro atoms. The fourth-order valence-corrected chi connectivity index (χ4v) is 5.07. The number of methoxy groups -OCH3 is 1. The van der Waals surface area contributed by atoms with Crippen molar-refractivity contribution in [2.75, 3.05) is 29.8 Å². The zero-order valence-corrected chi connectivity index (χ0v) is 16.1. The number of hydrogen-bond donors (Lipinski definition) is 1. The molecular formula is C16H20N4O4S2. The van der Waals surface area contributed by atoms with Crippen molar-refractivity contribution in [1.82, 2.24) is 9.97 Å². The third kappa shape index (κ3) is 3.96. The lowest BCUT2D eigenvalue weighted by atomic mass is 10.00. The smallest absolute Gasteiger partial charge is 0.349 e. The number of carbonyl (C=O) groups excluding carboxylic acids is 1. The SMILES string of the molecule is COC(=O)c1sccc1S(=O)(=O)Nc1cnc(N2CCC(C)CC2)nc1. The van der Waals surface area contributed by atoms with E-state index in [9.17, 15) is 13.2 Å². The first-order valence-corrected chi connectivity index (χ1v) is 10.5. The zero-order valence-electron chi connectivity index (χ0n) is 14.5. The van der Waals surface area contributed by atoms with E-state index in [0.29, 0.717) is 11.9 Å². The van der Waals surface area contributed by atoms with E-state index >= 15 is 0 Å². The number of nitrogens with zero attached hydrogens (tertiary/aromatic N) is 3. The van der Waals surface area contributed by atoms with E-state index in [2.05, 4.69) is 31.3 Å². The highest BCUT2D eigenvalue weighted by molar-refractivity contribution is 7.93. The van der Waals surface area contributed by atoms with Crippen LogP contribution in [0.4, 0.5) is 11.6 Å². The number of piperidine rings is 1. The monoisotopic (exact) mass is 396 g/mol. The summed E-state index contributed by atoms with van der Waals surface area (Å²) in [6.45, 7) is 4.01. The van der Waals surface area contributed by atoms with Crippen LogP contribution < -0.4 is 9.62 Å². The quantitative estimate of drug-likeness (QED) is 0.774. The highest BCUT2D eigenvalue weighted by atomic mass is 32.2. The van der Waals surface area contributed by atoms with E-state index in [4.69, 9.17) is 0 Å². The number of ether oxygens (including phenoxy) is 1. The molecule has 0 atom stereocenters. The third-order valence-corrected chi connectivity index (χ3v) is 6.69. The average Bonchev–Trinajstić information content (AvgIpc) is 3.13. The number of anilines is 2. The molecule has 140 valence electrons. The lowest BCUT2D eigenvalue weighted by molar-refractivity contribution is 0.0602. The van der Waals surface area contributed by atoms with Crippen molar-refractivity contribution in [3.8, 4) is 0 Å². The van der Waals surface area contributed by atoms with Crippen LogP contribution in [0.5, 0.6) is 0 Å². The first-order valence-electron chi connectivity index (χ1n) is 8.16. The van der Waals surface area contributed by atoms with Gasteiger partial charge < -0.3 is 9.64 Å². The molecule has 1 aliphatic rings. The van der Waals surface area contributed by atoms with Crippen LogP contribution in [-0.4, -0.2) is 44.6 Å². The number of esters is 1. The van der Waals surface area contributed by atoms with Crippen LogP contribution in [0.15, 0.2) is 28.7 Å². The maximum atomic E-state index is 12.5. The van der Waals surface area contributed by atoms with Gasteiger partial charge in [-0.15, -0.1) is 11.3 Å². The van der Waals surface area contributed by atoms with Gasteiger partial charge in [0.25, 0.3) is 10.0 Å². The van der Waals surface area contributed by atoms with Crippen LogP contribution in [0.2, 0.25) is 0 Å². The minimum absolute atomic E-state index is 0.0278. The molecule has 0 aromatic carbocycles. The Morgan fingerprint density at radius 2 is 1.96 bits per heavy atom. The fraction of sp³-hybridized carbons (Fsp3) is 0.438. The second-order valence-electron chi connectivity index (χ2n) is 6.15. The van der Waals surface area contributed by atoms with Gasteiger partial charge in [0.1, 0.15) is 9.77 Å². The Morgan fingerprint density at radius 3 is 2.58 bits per heavy atom. The van der Waals surface area contributed by atoms with Gasteiger partial charge in [0, 0.05) is 13.1 Å². The van der Waals surface area contributed by atoms with Gasteiger partial charge in [-0.2, -0.15) is 0 Å². The van der Waals surface area contributed by atoms with E-state index < -0.39 is 16.0 Å². The minimum Gasteiger partial charge on any atom is -0.465 e. The lowest BCUT2D eigenvalue weighted by Crippen LogP contribution is -2.34. The van der Waals surface area contributed by atoms with E-state index in [1.807, 2.05) is 0 Å². The normalized spacial score (nSPS) is 15.7. The summed E-state index contributed by atoms with van der Waals surface area (Å²) in [6, 6.07) is 1.36. The molecule has 1 N–H and O–H groups in total. The molecule has 2 aromatic rings. The molecule has 1 saturated heterocycles. The number of nitrogens with one attached hydrogen (secondary N) is 1. The van der Waals surface area contributed by atoms with Crippen LogP contribution in [0.1, 0.15) is 29.4 Å². The molecular weight excluding hydrogens is 376 g/mol. The molecule has 0 aliphatic carbocycles. The Kier molecular flexibility index (Phi) is 5.42. The highest BCUT2D eigenvalue weighted by Gasteiger charge is 2.25. The van der Waals surface area contributed by atoms with Gasteiger partial charge in [-0.1, -0.05) is 6.92 Å². The van der Waals surface area contributed by atoms with Gasteiger partial charge in [0.2, 0.25) is 5.95 Å². The van der Waals surface area contributed by atoms with E-state index in [-0.39, 0.29) is 15.5 Å². The van der Waals surface area contributed by atoms with Gasteiger partial charge in [0.15, 0.2) is 0 Å². The van der Waals surface area contributed by atoms with Crippen molar-refractivity contribution >= 4 is 39.0 Å². The fourth-order valence-electron chi connectivity index (χ4n) is 2.71. The Hall–Kier alpha value is -2.20. The van der Waals surface area contributed by atoms with Gasteiger partial charge in [-0.05, 0) is 30.2 Å². The summed E-state index contributed by atoms with van der Waals surface area (Å²) in [5, 5.41) is 1.53. The first kappa shape index (κ1) is 18.6. The van der Waals surface area contributed by atoms with Crippen LogP contribution in [0, 0.1) is 5.92 Å². The maximum absolute atomic E-state index is 12.5. The molecule has 0 bridgehead atoms. The Labute approximate surface area is 156 Å². The number of hydrogen-bond acceptors (Lipinski definition) is 8. The van der Waals surface area contributed by atoms with E-state index in [1.54, 1.807) is 0 Å². The van der Waals surface area contributed by atoms with Crippen molar-refractivity contribution in [3.63, 3.8) is 0 Å². The average molecular weight is 396 g/mol. The van der Waals surface area contributed by atoms with Gasteiger partial charge in [-0.25, -0.2) is 23.2 Å². The molecule has 8 nitrogen and oxygen atoms in total. The number of sulfonamides is 1. The second kappa shape index (κ2) is 7.58. The highest BCUT2D eigenvalue weighted by Crippen LogP contribution is 2.25. The number of thiophene rings is 1. The molecule has 1 aliphatic heterocycles. The molecule has 1 fully saturated rings. The lowest BCUT2D eigenvalue weighted by Gasteiger charge is -2.30. The van der Waals surface area contributed by atoms with Crippen molar-refractivity contribution in [2.45, 2.75) is 24.7 Å². The molecule has 26 heavy (non-hydrogen) atoms. The van der Waals surface area contributed by atoms with E-state index in [1.165, 1.54) is 30.9 Å². The number of aromatic nitrogens is 2. The summed E-state index contributed by atoms with van der Waals surface area (Å²) < 4.78 is 32.1. The molecule has 10 heteroatoms. The van der Waals surface area contributed by atoms with Crippen LogP contribution in [-0.2, 0) is 14.8 Å². The molecule has 3 rings (SSSR count). The molecule has 0 radical (unpaired) electrons.